The minimum atomic E-state index is -0.488. The lowest BCUT2D eigenvalue weighted by molar-refractivity contribution is 0.0824. The van der Waals surface area contributed by atoms with Crippen LogP contribution < -0.4 is 5.84 Å². The summed E-state index contributed by atoms with van der Waals surface area (Å²) in [7, 11) is 0. The maximum Gasteiger partial charge on any atom is 0.424 e. The van der Waals surface area contributed by atoms with Gasteiger partial charge >= 0.3 is 6.09 Å². The van der Waals surface area contributed by atoms with Crippen molar-refractivity contribution in [2.75, 3.05) is 0 Å². The molecular weight excluding hydrogens is 204 g/mol. The average molecular weight is 222 g/mol. The van der Waals surface area contributed by atoms with Crippen LogP contribution in [0.5, 0.6) is 0 Å². The zero-order valence-corrected chi connectivity index (χ0v) is 9.72. The van der Waals surface area contributed by atoms with E-state index in [2.05, 4.69) is 0 Å². The first-order valence-electron chi connectivity index (χ1n) is 5.39. The number of amides is 1. The Kier molecular flexibility index (Phi) is 4.79. The first-order valence-corrected chi connectivity index (χ1v) is 5.39. The molecule has 1 atom stereocenters. The van der Waals surface area contributed by atoms with E-state index in [-0.39, 0.29) is 12.6 Å². The Bertz CT molecular complexity index is 327. The molecule has 0 aliphatic heterocycles. The molecular formula is C12H18N2O2. The molecule has 0 fully saturated rings. The molecule has 0 bridgehead atoms. The predicted molar refractivity (Wildman–Crippen MR) is 62.4 cm³/mol. The Morgan fingerprint density at radius 2 is 2.06 bits per heavy atom. The van der Waals surface area contributed by atoms with E-state index in [1.54, 1.807) is 0 Å². The number of nitrogens with zero attached hydrogens (tertiary/aromatic N) is 1. The molecule has 0 saturated carbocycles. The van der Waals surface area contributed by atoms with Crippen molar-refractivity contribution < 1.29 is 9.53 Å². The van der Waals surface area contributed by atoms with E-state index in [9.17, 15) is 4.79 Å². The van der Waals surface area contributed by atoms with Crippen LogP contribution in [0.1, 0.15) is 25.8 Å². The van der Waals surface area contributed by atoms with Crippen LogP contribution in [0.4, 0.5) is 4.79 Å². The van der Waals surface area contributed by atoms with E-state index >= 15 is 0 Å². The summed E-state index contributed by atoms with van der Waals surface area (Å²) >= 11 is 0. The Balaban J connectivity index is 2.41. The van der Waals surface area contributed by atoms with Crippen LogP contribution in [0.25, 0.3) is 0 Å². The van der Waals surface area contributed by atoms with Crippen LogP contribution in [0.3, 0.4) is 0 Å². The van der Waals surface area contributed by atoms with Gasteiger partial charge < -0.3 is 4.74 Å². The van der Waals surface area contributed by atoms with E-state index in [0.29, 0.717) is 0 Å². The van der Waals surface area contributed by atoms with Crippen molar-refractivity contribution in [3.05, 3.63) is 35.9 Å². The fourth-order valence-electron chi connectivity index (χ4n) is 1.17. The fraction of sp³-hybridized carbons (Fsp3) is 0.417. The third-order valence-electron chi connectivity index (χ3n) is 2.48. The highest BCUT2D eigenvalue weighted by molar-refractivity contribution is 5.67. The molecule has 4 heteroatoms. The standard InChI is InChI=1S/C12H18N2O2/c1-3-10(2)14(13)12(15)16-9-11-7-5-4-6-8-11/h4-8,10H,3,9,13H2,1-2H3. The average Bonchev–Trinajstić information content (AvgIpc) is 2.35. The molecule has 1 aromatic carbocycles. The molecule has 2 N–H and O–H groups in total. The van der Waals surface area contributed by atoms with Crippen LogP contribution >= 0.6 is 0 Å². The summed E-state index contributed by atoms with van der Waals surface area (Å²) in [6.45, 7) is 4.10. The molecule has 0 saturated heterocycles. The highest BCUT2D eigenvalue weighted by Crippen LogP contribution is 2.04. The molecule has 4 nitrogen and oxygen atoms in total. The molecule has 0 spiro atoms. The second-order valence-corrected chi connectivity index (χ2v) is 3.70. The lowest BCUT2D eigenvalue weighted by Crippen LogP contribution is -2.44. The summed E-state index contributed by atoms with van der Waals surface area (Å²) in [6, 6.07) is 9.51. The van der Waals surface area contributed by atoms with E-state index in [4.69, 9.17) is 10.6 Å². The number of hydrogen-bond acceptors (Lipinski definition) is 3. The minimum Gasteiger partial charge on any atom is -0.444 e. The number of carbonyl (C=O) groups is 1. The smallest absolute Gasteiger partial charge is 0.424 e. The normalized spacial score (nSPS) is 11.9. The summed E-state index contributed by atoms with van der Waals surface area (Å²) in [6.07, 6.45) is 0.315. The highest BCUT2D eigenvalue weighted by atomic mass is 16.6. The second kappa shape index (κ2) is 6.12. The molecule has 1 rings (SSSR count). The predicted octanol–water partition coefficient (Wildman–Crippen LogP) is 2.30. The molecule has 1 amide bonds. The van der Waals surface area contributed by atoms with Gasteiger partial charge in [0.15, 0.2) is 0 Å². The number of nitrogens with two attached hydrogens (primary N) is 1. The summed E-state index contributed by atoms with van der Waals surface area (Å²) in [5.41, 5.74) is 0.952. The summed E-state index contributed by atoms with van der Waals surface area (Å²) in [5.74, 6) is 5.59. The van der Waals surface area contributed by atoms with Crippen molar-refractivity contribution in [2.24, 2.45) is 5.84 Å². The Hall–Kier alpha value is -1.55. The van der Waals surface area contributed by atoms with Gasteiger partial charge in [-0.2, -0.15) is 0 Å². The van der Waals surface area contributed by atoms with E-state index in [1.165, 1.54) is 0 Å². The summed E-state index contributed by atoms with van der Waals surface area (Å²) in [5, 5.41) is 1.13. The molecule has 0 aromatic heterocycles. The van der Waals surface area contributed by atoms with Gasteiger partial charge in [-0.25, -0.2) is 15.6 Å². The molecule has 1 unspecified atom stereocenters. The third-order valence-corrected chi connectivity index (χ3v) is 2.48. The van der Waals surface area contributed by atoms with E-state index < -0.39 is 6.09 Å². The van der Waals surface area contributed by atoms with Crippen molar-refractivity contribution >= 4 is 6.09 Å². The van der Waals surface area contributed by atoms with Gasteiger partial charge in [-0.15, -0.1) is 0 Å². The highest BCUT2D eigenvalue weighted by Gasteiger charge is 2.15. The number of ether oxygens (including phenoxy) is 1. The zero-order chi connectivity index (χ0) is 12.0. The Morgan fingerprint density at radius 3 is 2.62 bits per heavy atom. The largest absolute Gasteiger partial charge is 0.444 e. The molecule has 0 radical (unpaired) electrons. The quantitative estimate of drug-likeness (QED) is 0.483. The number of rotatable bonds is 4. The van der Waals surface area contributed by atoms with Gasteiger partial charge in [0.05, 0.1) is 0 Å². The maximum atomic E-state index is 11.5. The van der Waals surface area contributed by atoms with Crippen LogP contribution in [-0.4, -0.2) is 17.1 Å². The molecule has 1 aromatic rings. The van der Waals surface area contributed by atoms with Crippen molar-refractivity contribution in [3.8, 4) is 0 Å². The van der Waals surface area contributed by atoms with Crippen molar-refractivity contribution in [1.29, 1.82) is 0 Å². The zero-order valence-electron chi connectivity index (χ0n) is 9.72. The first kappa shape index (κ1) is 12.5. The van der Waals surface area contributed by atoms with Gasteiger partial charge in [0, 0.05) is 6.04 Å². The van der Waals surface area contributed by atoms with Crippen LogP contribution in [0, 0.1) is 0 Å². The number of hydrogen-bond donors (Lipinski definition) is 1. The third kappa shape index (κ3) is 3.55. The first-order chi connectivity index (χ1) is 7.65. The van der Waals surface area contributed by atoms with Crippen molar-refractivity contribution in [1.82, 2.24) is 5.01 Å². The SMILES string of the molecule is CCC(C)N(N)C(=O)OCc1ccccc1. The maximum absolute atomic E-state index is 11.5. The van der Waals surface area contributed by atoms with Crippen LogP contribution in [0.2, 0.25) is 0 Å². The molecule has 88 valence electrons. The lowest BCUT2D eigenvalue weighted by Gasteiger charge is -2.22. The van der Waals surface area contributed by atoms with Crippen LogP contribution in [-0.2, 0) is 11.3 Å². The van der Waals surface area contributed by atoms with Gasteiger partial charge in [-0.3, -0.25) is 0 Å². The summed E-state index contributed by atoms with van der Waals surface area (Å²) < 4.78 is 5.07. The number of carbonyl (C=O) groups excluding carboxylic acids is 1. The fourth-order valence-corrected chi connectivity index (χ4v) is 1.17. The van der Waals surface area contributed by atoms with Gasteiger partial charge in [-0.05, 0) is 18.9 Å². The van der Waals surface area contributed by atoms with E-state index in [1.807, 2.05) is 44.2 Å². The van der Waals surface area contributed by atoms with Crippen molar-refractivity contribution in [3.63, 3.8) is 0 Å². The van der Waals surface area contributed by atoms with E-state index in [0.717, 1.165) is 17.0 Å². The van der Waals surface area contributed by atoms with Gasteiger partial charge in [0.1, 0.15) is 6.61 Å². The monoisotopic (exact) mass is 222 g/mol. The van der Waals surface area contributed by atoms with Gasteiger partial charge in [0.2, 0.25) is 0 Å². The lowest BCUT2D eigenvalue weighted by atomic mass is 10.2. The van der Waals surface area contributed by atoms with Crippen LogP contribution in [0.15, 0.2) is 30.3 Å². The van der Waals surface area contributed by atoms with Gasteiger partial charge in [0.25, 0.3) is 0 Å². The Morgan fingerprint density at radius 1 is 1.44 bits per heavy atom. The minimum absolute atomic E-state index is 0.0109. The number of hydrazine groups is 1. The molecule has 0 heterocycles. The van der Waals surface area contributed by atoms with Crippen molar-refractivity contribution in [2.45, 2.75) is 32.9 Å². The van der Waals surface area contributed by atoms with Gasteiger partial charge in [-0.1, -0.05) is 37.3 Å². The molecule has 0 aliphatic carbocycles. The number of benzene rings is 1. The molecule has 0 aliphatic rings. The molecule has 16 heavy (non-hydrogen) atoms. The summed E-state index contributed by atoms with van der Waals surface area (Å²) in [4.78, 5) is 11.5. The second-order valence-electron chi connectivity index (χ2n) is 3.70. The Labute approximate surface area is 96.0 Å². The topological polar surface area (TPSA) is 55.6 Å².